The molecule has 1 aliphatic heterocycles. The van der Waals surface area contributed by atoms with E-state index in [0.717, 1.165) is 44.6 Å². The number of benzene rings is 2. The third kappa shape index (κ3) is 4.63. The molecule has 0 saturated carbocycles. The zero-order chi connectivity index (χ0) is 18.5. The lowest BCUT2D eigenvalue weighted by Crippen LogP contribution is -2.49. The first kappa shape index (κ1) is 18.4. The molecule has 138 valence electrons. The summed E-state index contributed by atoms with van der Waals surface area (Å²) in [4.78, 5) is 16.8. The summed E-state index contributed by atoms with van der Waals surface area (Å²) in [5.41, 5.74) is 4.93. The summed E-state index contributed by atoms with van der Waals surface area (Å²) in [6.07, 6.45) is 2.18. The maximum atomic E-state index is 12.9. The van der Waals surface area contributed by atoms with Crippen LogP contribution in [0.15, 0.2) is 42.5 Å². The second-order valence-corrected chi connectivity index (χ2v) is 7.14. The Morgan fingerprint density at radius 2 is 1.69 bits per heavy atom. The van der Waals surface area contributed by atoms with Gasteiger partial charge in [0.15, 0.2) is 0 Å². The Bertz CT molecular complexity index is 749. The molecule has 0 N–H and O–H groups in total. The van der Waals surface area contributed by atoms with E-state index in [1.165, 1.54) is 28.9 Å². The molecule has 1 aliphatic rings. The minimum Gasteiger partial charge on any atom is -0.368 e. The van der Waals surface area contributed by atoms with Gasteiger partial charge in [-0.1, -0.05) is 29.8 Å². The highest BCUT2D eigenvalue weighted by molar-refractivity contribution is 5.76. The molecule has 0 aliphatic carbocycles. The van der Waals surface area contributed by atoms with Crippen molar-refractivity contribution in [3.05, 3.63) is 65.0 Å². The second-order valence-electron chi connectivity index (χ2n) is 7.14. The van der Waals surface area contributed by atoms with Crippen molar-refractivity contribution in [3.63, 3.8) is 0 Å². The first-order valence-corrected chi connectivity index (χ1v) is 9.37. The van der Waals surface area contributed by atoms with Gasteiger partial charge in [-0.2, -0.15) is 0 Å². The number of nitrogens with zero attached hydrogens (tertiary/aromatic N) is 2. The predicted molar refractivity (Wildman–Crippen MR) is 104 cm³/mol. The molecule has 3 rings (SSSR count). The summed E-state index contributed by atoms with van der Waals surface area (Å²) < 4.78 is 12.9. The van der Waals surface area contributed by atoms with Crippen molar-refractivity contribution < 1.29 is 9.18 Å². The third-order valence-corrected chi connectivity index (χ3v) is 5.09. The molecule has 3 nitrogen and oxygen atoms in total. The monoisotopic (exact) mass is 354 g/mol. The van der Waals surface area contributed by atoms with E-state index in [2.05, 4.69) is 36.9 Å². The molecule has 1 saturated heterocycles. The van der Waals surface area contributed by atoms with Crippen molar-refractivity contribution in [1.29, 1.82) is 0 Å². The van der Waals surface area contributed by atoms with Gasteiger partial charge in [-0.3, -0.25) is 4.79 Å². The van der Waals surface area contributed by atoms with Crippen molar-refractivity contribution in [1.82, 2.24) is 4.90 Å². The van der Waals surface area contributed by atoms with Crippen LogP contribution in [0, 0.1) is 19.7 Å². The smallest absolute Gasteiger partial charge is 0.222 e. The van der Waals surface area contributed by atoms with Gasteiger partial charge < -0.3 is 9.80 Å². The number of anilines is 1. The Morgan fingerprint density at radius 3 is 2.35 bits per heavy atom. The molecule has 1 heterocycles. The SMILES string of the molecule is Cc1ccc(N2CCN(C(=O)CCCc3ccc(F)cc3)CC2)c(C)c1. The third-order valence-electron chi connectivity index (χ3n) is 5.09. The van der Waals surface area contributed by atoms with Gasteiger partial charge in [0.05, 0.1) is 0 Å². The maximum absolute atomic E-state index is 12.9. The Kier molecular flexibility index (Phi) is 5.92. The van der Waals surface area contributed by atoms with E-state index in [9.17, 15) is 9.18 Å². The number of hydrogen-bond donors (Lipinski definition) is 0. The first-order chi connectivity index (χ1) is 12.5. The van der Waals surface area contributed by atoms with Crippen LogP contribution in [-0.2, 0) is 11.2 Å². The number of hydrogen-bond acceptors (Lipinski definition) is 2. The molecule has 0 spiro atoms. The fraction of sp³-hybridized carbons (Fsp3) is 0.409. The van der Waals surface area contributed by atoms with Crippen molar-refractivity contribution in [2.24, 2.45) is 0 Å². The molecule has 2 aromatic carbocycles. The lowest BCUT2D eigenvalue weighted by Gasteiger charge is -2.37. The van der Waals surface area contributed by atoms with E-state index in [0.29, 0.717) is 6.42 Å². The van der Waals surface area contributed by atoms with E-state index in [1.54, 1.807) is 12.1 Å². The number of rotatable bonds is 5. The molecular weight excluding hydrogens is 327 g/mol. The van der Waals surface area contributed by atoms with E-state index in [1.807, 2.05) is 4.90 Å². The standard InChI is InChI=1S/C22H27FN2O/c1-17-6-11-21(18(2)16-17)24-12-14-25(15-13-24)22(26)5-3-4-19-7-9-20(23)10-8-19/h6-11,16H,3-5,12-15H2,1-2H3. The number of aryl methyl sites for hydroxylation is 3. The molecule has 0 unspecified atom stereocenters. The van der Waals surface area contributed by atoms with E-state index >= 15 is 0 Å². The van der Waals surface area contributed by atoms with Crippen LogP contribution in [0.1, 0.15) is 29.5 Å². The molecule has 0 radical (unpaired) electrons. The summed E-state index contributed by atoms with van der Waals surface area (Å²) >= 11 is 0. The largest absolute Gasteiger partial charge is 0.368 e. The van der Waals surface area contributed by atoms with Crippen molar-refractivity contribution >= 4 is 11.6 Å². The molecule has 1 amide bonds. The maximum Gasteiger partial charge on any atom is 0.222 e. The van der Waals surface area contributed by atoms with Crippen LogP contribution in [0.4, 0.5) is 10.1 Å². The van der Waals surface area contributed by atoms with Gasteiger partial charge >= 0.3 is 0 Å². The molecule has 0 bridgehead atoms. The first-order valence-electron chi connectivity index (χ1n) is 9.37. The molecular formula is C22H27FN2O. The van der Waals surface area contributed by atoms with Crippen LogP contribution < -0.4 is 4.90 Å². The molecule has 4 heteroatoms. The van der Waals surface area contributed by atoms with Crippen LogP contribution in [-0.4, -0.2) is 37.0 Å². The van der Waals surface area contributed by atoms with Gasteiger partial charge in [0.25, 0.3) is 0 Å². The van der Waals surface area contributed by atoms with Gasteiger partial charge in [-0.25, -0.2) is 4.39 Å². The van der Waals surface area contributed by atoms with Crippen LogP contribution >= 0.6 is 0 Å². The average molecular weight is 354 g/mol. The van der Waals surface area contributed by atoms with Crippen LogP contribution in [0.5, 0.6) is 0 Å². The van der Waals surface area contributed by atoms with Gasteiger partial charge in [-0.05, 0) is 56.0 Å². The minimum atomic E-state index is -0.216. The van der Waals surface area contributed by atoms with Gasteiger partial charge in [0.2, 0.25) is 5.91 Å². The molecule has 26 heavy (non-hydrogen) atoms. The summed E-state index contributed by atoms with van der Waals surface area (Å²) in [6, 6.07) is 13.1. The zero-order valence-electron chi connectivity index (χ0n) is 15.7. The van der Waals surface area contributed by atoms with Gasteiger partial charge in [-0.15, -0.1) is 0 Å². The quantitative estimate of drug-likeness (QED) is 0.807. The number of halogens is 1. The minimum absolute atomic E-state index is 0.216. The summed E-state index contributed by atoms with van der Waals surface area (Å²) in [5, 5.41) is 0. The van der Waals surface area contributed by atoms with Crippen molar-refractivity contribution in [3.8, 4) is 0 Å². The number of carbonyl (C=O) groups excluding carboxylic acids is 1. The fourth-order valence-corrected chi connectivity index (χ4v) is 3.61. The lowest BCUT2D eigenvalue weighted by molar-refractivity contribution is -0.131. The average Bonchev–Trinajstić information content (AvgIpc) is 2.63. The summed E-state index contributed by atoms with van der Waals surface area (Å²) in [7, 11) is 0. The summed E-state index contributed by atoms with van der Waals surface area (Å²) in [6.45, 7) is 7.58. The van der Waals surface area contributed by atoms with Gasteiger partial charge in [0, 0.05) is 38.3 Å². The Morgan fingerprint density at radius 1 is 1.00 bits per heavy atom. The van der Waals surface area contributed by atoms with E-state index in [-0.39, 0.29) is 11.7 Å². The fourth-order valence-electron chi connectivity index (χ4n) is 3.61. The second kappa shape index (κ2) is 8.35. The van der Waals surface area contributed by atoms with Crippen LogP contribution in [0.25, 0.3) is 0 Å². The van der Waals surface area contributed by atoms with Crippen LogP contribution in [0.3, 0.4) is 0 Å². The van der Waals surface area contributed by atoms with Gasteiger partial charge in [0.1, 0.15) is 5.82 Å². The highest BCUT2D eigenvalue weighted by Crippen LogP contribution is 2.22. The number of carbonyl (C=O) groups is 1. The number of amides is 1. The topological polar surface area (TPSA) is 23.6 Å². The highest BCUT2D eigenvalue weighted by atomic mass is 19.1. The Balaban J connectivity index is 1.45. The highest BCUT2D eigenvalue weighted by Gasteiger charge is 2.21. The Labute approximate surface area is 155 Å². The summed E-state index contributed by atoms with van der Waals surface area (Å²) in [5.74, 6) is 0.0129. The van der Waals surface area contributed by atoms with Crippen molar-refractivity contribution in [2.75, 3.05) is 31.1 Å². The lowest BCUT2D eigenvalue weighted by atomic mass is 10.1. The van der Waals surface area contributed by atoms with E-state index < -0.39 is 0 Å². The normalized spacial score (nSPS) is 14.6. The zero-order valence-corrected chi connectivity index (χ0v) is 15.7. The number of piperazine rings is 1. The predicted octanol–water partition coefficient (Wildman–Crippen LogP) is 4.11. The molecule has 2 aromatic rings. The molecule has 1 fully saturated rings. The Hall–Kier alpha value is -2.36. The van der Waals surface area contributed by atoms with Crippen molar-refractivity contribution in [2.45, 2.75) is 33.1 Å². The molecule has 0 atom stereocenters. The van der Waals surface area contributed by atoms with E-state index in [4.69, 9.17) is 0 Å². The van der Waals surface area contributed by atoms with Crippen LogP contribution in [0.2, 0.25) is 0 Å². The molecule has 0 aromatic heterocycles.